The van der Waals surface area contributed by atoms with E-state index in [-0.39, 0.29) is 23.2 Å². The molecule has 1 aromatic rings. The normalized spacial score (nSPS) is 26.2. The molecule has 7 heteroatoms. The average molecular weight is 417 g/mol. The number of fused-ring (bicyclic) bond motifs is 1. The van der Waals surface area contributed by atoms with Crippen molar-refractivity contribution in [2.24, 2.45) is 10.8 Å². The number of likely N-dealkylation sites (tertiary alicyclic amines) is 3. The van der Waals surface area contributed by atoms with Crippen LogP contribution in [0.5, 0.6) is 0 Å². The van der Waals surface area contributed by atoms with Gasteiger partial charge < -0.3 is 14.7 Å². The van der Waals surface area contributed by atoms with Crippen molar-refractivity contribution in [3.8, 4) is 0 Å². The van der Waals surface area contributed by atoms with Crippen molar-refractivity contribution < 1.29 is 14.0 Å². The van der Waals surface area contributed by atoms with E-state index in [0.29, 0.717) is 13.1 Å². The molecule has 1 aromatic carbocycles. The van der Waals surface area contributed by atoms with Gasteiger partial charge >= 0.3 is 6.03 Å². The summed E-state index contributed by atoms with van der Waals surface area (Å²) in [4.78, 5) is 34.2. The van der Waals surface area contributed by atoms with Gasteiger partial charge in [-0.25, -0.2) is 9.18 Å². The molecule has 3 aliphatic rings. The largest absolute Gasteiger partial charge is 0.342 e. The first kappa shape index (κ1) is 21.1. The van der Waals surface area contributed by atoms with Crippen molar-refractivity contribution in [3.05, 3.63) is 35.6 Å². The summed E-state index contributed by atoms with van der Waals surface area (Å²) in [5.74, 6) is 0.0289. The van der Waals surface area contributed by atoms with Crippen LogP contribution in [0.3, 0.4) is 0 Å². The zero-order valence-electron chi connectivity index (χ0n) is 18.4. The van der Waals surface area contributed by atoms with Crippen LogP contribution in [0.4, 0.5) is 9.18 Å². The standard InChI is InChI=1S/C23H33FN4O2/c1-4-27-14-11-23(20(27)29)17-28(21(30)25(2)3)16-22(23)9-12-26(13-10-22)15-18-5-7-19(24)8-6-18/h5-8H,4,9-17H2,1-3H3. The maximum atomic E-state index is 13.5. The van der Waals surface area contributed by atoms with E-state index in [9.17, 15) is 14.0 Å². The van der Waals surface area contributed by atoms with E-state index in [4.69, 9.17) is 0 Å². The Bertz CT molecular complexity index is 804. The molecule has 3 aliphatic heterocycles. The van der Waals surface area contributed by atoms with Crippen molar-refractivity contribution in [3.63, 3.8) is 0 Å². The molecule has 30 heavy (non-hydrogen) atoms. The lowest BCUT2D eigenvalue weighted by atomic mass is 9.60. The maximum absolute atomic E-state index is 13.5. The summed E-state index contributed by atoms with van der Waals surface area (Å²) in [6.45, 7) is 7.33. The lowest BCUT2D eigenvalue weighted by Crippen LogP contribution is -2.52. The van der Waals surface area contributed by atoms with Crippen LogP contribution in [-0.2, 0) is 11.3 Å². The number of carbonyl (C=O) groups excluding carboxylic acids is 2. The number of nitrogens with zero attached hydrogens (tertiary/aromatic N) is 4. The molecule has 0 N–H and O–H groups in total. The average Bonchev–Trinajstić information content (AvgIpc) is 3.23. The first-order valence-corrected chi connectivity index (χ1v) is 11.0. The van der Waals surface area contributed by atoms with Gasteiger partial charge in [-0.2, -0.15) is 0 Å². The Morgan fingerprint density at radius 1 is 1.07 bits per heavy atom. The van der Waals surface area contributed by atoms with E-state index in [2.05, 4.69) is 4.90 Å². The Labute approximate surface area is 178 Å². The van der Waals surface area contributed by atoms with Crippen molar-refractivity contribution >= 4 is 11.9 Å². The van der Waals surface area contributed by atoms with Gasteiger partial charge in [0, 0.05) is 52.2 Å². The van der Waals surface area contributed by atoms with Gasteiger partial charge in [-0.1, -0.05) is 12.1 Å². The van der Waals surface area contributed by atoms with Crippen molar-refractivity contribution in [1.82, 2.24) is 19.6 Å². The summed E-state index contributed by atoms with van der Waals surface area (Å²) in [7, 11) is 3.56. The second kappa shape index (κ2) is 7.84. The number of carbonyl (C=O) groups is 2. The van der Waals surface area contributed by atoms with E-state index in [1.165, 1.54) is 12.1 Å². The fourth-order valence-electron chi connectivity index (χ4n) is 5.89. The molecule has 0 aliphatic carbocycles. The predicted octanol–water partition coefficient (Wildman–Crippen LogP) is 2.64. The number of hydrogen-bond acceptors (Lipinski definition) is 3. The number of halogens is 1. The van der Waals surface area contributed by atoms with Crippen LogP contribution in [0.2, 0.25) is 0 Å². The topological polar surface area (TPSA) is 47.1 Å². The van der Waals surface area contributed by atoms with Gasteiger partial charge in [0.2, 0.25) is 5.91 Å². The molecule has 3 fully saturated rings. The molecule has 1 unspecified atom stereocenters. The summed E-state index contributed by atoms with van der Waals surface area (Å²) >= 11 is 0. The van der Waals surface area contributed by atoms with E-state index in [1.807, 2.05) is 28.9 Å². The Morgan fingerprint density at radius 2 is 1.73 bits per heavy atom. The number of amides is 3. The molecule has 1 atom stereocenters. The molecular weight excluding hydrogens is 383 g/mol. The number of benzene rings is 1. The number of hydrogen-bond donors (Lipinski definition) is 0. The van der Waals surface area contributed by atoms with Crippen LogP contribution in [0.1, 0.15) is 31.7 Å². The minimum Gasteiger partial charge on any atom is -0.342 e. The zero-order chi connectivity index (χ0) is 21.5. The minimum atomic E-state index is -0.448. The first-order chi connectivity index (χ1) is 14.3. The molecule has 6 nitrogen and oxygen atoms in total. The van der Waals surface area contributed by atoms with Gasteiger partial charge in [0.25, 0.3) is 0 Å². The summed E-state index contributed by atoms with van der Waals surface area (Å²) in [5.41, 5.74) is 0.502. The third kappa shape index (κ3) is 3.37. The van der Waals surface area contributed by atoms with Crippen LogP contribution >= 0.6 is 0 Å². The molecule has 3 saturated heterocycles. The van der Waals surface area contributed by atoms with Gasteiger partial charge in [-0.3, -0.25) is 9.69 Å². The highest BCUT2D eigenvalue weighted by Crippen LogP contribution is 2.58. The molecule has 0 saturated carbocycles. The highest BCUT2D eigenvalue weighted by Gasteiger charge is 2.65. The van der Waals surface area contributed by atoms with Crippen LogP contribution in [-0.4, -0.2) is 84.9 Å². The van der Waals surface area contributed by atoms with Crippen LogP contribution in [0, 0.1) is 16.6 Å². The molecule has 3 heterocycles. The van der Waals surface area contributed by atoms with Gasteiger partial charge in [-0.15, -0.1) is 0 Å². The monoisotopic (exact) mass is 416 g/mol. The SMILES string of the molecule is CCN1CCC2(CN(C(=O)N(C)C)CC23CCN(Cc2ccc(F)cc2)CC3)C1=O. The third-order valence-electron chi connectivity index (χ3n) is 7.64. The molecule has 0 aromatic heterocycles. The summed E-state index contributed by atoms with van der Waals surface area (Å²) in [6.07, 6.45) is 2.66. The highest BCUT2D eigenvalue weighted by atomic mass is 19.1. The summed E-state index contributed by atoms with van der Waals surface area (Å²) in [6, 6.07) is 6.70. The molecule has 164 valence electrons. The molecule has 0 radical (unpaired) electrons. The van der Waals surface area contributed by atoms with Crippen molar-refractivity contribution in [2.45, 2.75) is 32.7 Å². The van der Waals surface area contributed by atoms with Gasteiger partial charge in [0.1, 0.15) is 5.82 Å². The minimum absolute atomic E-state index is 0.00254. The Hall–Kier alpha value is -2.15. The molecule has 0 bridgehead atoms. The van der Waals surface area contributed by atoms with Crippen LogP contribution in [0.15, 0.2) is 24.3 Å². The van der Waals surface area contributed by atoms with Gasteiger partial charge in [-0.05, 0) is 57.0 Å². The lowest BCUT2D eigenvalue weighted by molar-refractivity contribution is -0.142. The van der Waals surface area contributed by atoms with Crippen LogP contribution < -0.4 is 0 Å². The lowest BCUT2D eigenvalue weighted by Gasteiger charge is -2.46. The summed E-state index contributed by atoms with van der Waals surface area (Å²) < 4.78 is 13.2. The molecular formula is C23H33FN4O2. The van der Waals surface area contributed by atoms with Gasteiger partial charge in [0.15, 0.2) is 0 Å². The van der Waals surface area contributed by atoms with Gasteiger partial charge in [0.05, 0.1) is 5.41 Å². The second-order valence-corrected chi connectivity index (χ2v) is 9.43. The van der Waals surface area contributed by atoms with E-state index in [1.54, 1.807) is 19.0 Å². The highest BCUT2D eigenvalue weighted by molar-refractivity contribution is 5.88. The maximum Gasteiger partial charge on any atom is 0.319 e. The van der Waals surface area contributed by atoms with E-state index < -0.39 is 5.41 Å². The van der Waals surface area contributed by atoms with Crippen LogP contribution in [0.25, 0.3) is 0 Å². The smallest absolute Gasteiger partial charge is 0.319 e. The molecule has 4 rings (SSSR count). The number of rotatable bonds is 3. The first-order valence-electron chi connectivity index (χ1n) is 11.0. The predicted molar refractivity (Wildman–Crippen MR) is 113 cm³/mol. The van der Waals surface area contributed by atoms with E-state index in [0.717, 1.165) is 57.5 Å². The molecule has 2 spiro atoms. The fraction of sp³-hybridized carbons (Fsp3) is 0.652. The Kier molecular flexibility index (Phi) is 5.51. The molecule has 3 amide bonds. The van der Waals surface area contributed by atoms with E-state index >= 15 is 0 Å². The third-order valence-corrected chi connectivity index (χ3v) is 7.64. The number of urea groups is 1. The Morgan fingerprint density at radius 3 is 2.30 bits per heavy atom. The fourth-order valence-corrected chi connectivity index (χ4v) is 5.89. The Balaban J connectivity index is 1.54. The summed E-state index contributed by atoms with van der Waals surface area (Å²) in [5, 5.41) is 0. The van der Waals surface area contributed by atoms with Crippen molar-refractivity contribution in [2.75, 3.05) is 53.4 Å². The van der Waals surface area contributed by atoms with Crippen molar-refractivity contribution in [1.29, 1.82) is 0 Å². The zero-order valence-corrected chi connectivity index (χ0v) is 18.4. The quantitative estimate of drug-likeness (QED) is 0.761. The second-order valence-electron chi connectivity index (χ2n) is 9.43. The number of piperidine rings is 1.